The first-order chi connectivity index (χ1) is 11.9. The van der Waals surface area contributed by atoms with Gasteiger partial charge in [-0.3, -0.25) is 9.59 Å². The van der Waals surface area contributed by atoms with Crippen LogP contribution in [0.5, 0.6) is 0 Å². The average molecular weight is 357 g/mol. The molecule has 0 aromatic heterocycles. The maximum absolute atomic E-state index is 12.9. The van der Waals surface area contributed by atoms with Crippen molar-refractivity contribution < 1.29 is 9.59 Å². The zero-order valence-corrected chi connectivity index (χ0v) is 15.4. The smallest absolute Gasteiger partial charge is 0.254 e. The van der Waals surface area contributed by atoms with Crippen LogP contribution in [-0.2, 0) is 4.79 Å². The first-order valence-corrected chi connectivity index (χ1v) is 8.72. The van der Waals surface area contributed by atoms with Crippen LogP contribution in [0.3, 0.4) is 0 Å². The van der Waals surface area contributed by atoms with Gasteiger partial charge in [0.1, 0.15) is 6.04 Å². The highest BCUT2D eigenvalue weighted by atomic mass is 35.5. The Bertz CT molecular complexity index is 834. The molecule has 1 aliphatic rings. The molecule has 1 atom stereocenters. The molecular weight excluding hydrogens is 336 g/mol. The van der Waals surface area contributed by atoms with E-state index in [2.05, 4.69) is 0 Å². The fraction of sp³-hybridized carbons (Fsp3) is 0.300. The van der Waals surface area contributed by atoms with E-state index in [-0.39, 0.29) is 11.8 Å². The monoisotopic (exact) mass is 356 g/mol. The molecule has 3 rings (SSSR count). The van der Waals surface area contributed by atoms with E-state index >= 15 is 0 Å². The minimum Gasteiger partial charge on any atom is -0.325 e. The highest BCUT2D eigenvalue weighted by Gasteiger charge is 2.35. The second kappa shape index (κ2) is 6.89. The minimum atomic E-state index is -0.513. The molecule has 0 aliphatic carbocycles. The third-order valence-electron chi connectivity index (χ3n) is 4.76. The summed E-state index contributed by atoms with van der Waals surface area (Å²) >= 11 is 6.19. The molecule has 0 spiro atoms. The van der Waals surface area contributed by atoms with Gasteiger partial charge in [-0.2, -0.15) is 0 Å². The number of piperazine rings is 1. The van der Waals surface area contributed by atoms with Crippen molar-refractivity contribution in [3.05, 3.63) is 64.2 Å². The number of anilines is 1. The molecule has 25 heavy (non-hydrogen) atoms. The molecule has 1 heterocycles. The Kier molecular flexibility index (Phi) is 4.82. The Labute approximate surface area is 153 Å². The van der Waals surface area contributed by atoms with Gasteiger partial charge in [0.15, 0.2) is 0 Å². The second-order valence-electron chi connectivity index (χ2n) is 6.41. The van der Waals surface area contributed by atoms with E-state index in [9.17, 15) is 9.59 Å². The summed E-state index contributed by atoms with van der Waals surface area (Å²) in [5.41, 5.74) is 3.31. The molecule has 4 nitrogen and oxygen atoms in total. The summed E-state index contributed by atoms with van der Waals surface area (Å²) in [6.45, 7) is 6.56. The number of hydrogen-bond donors (Lipinski definition) is 0. The number of halogens is 1. The van der Waals surface area contributed by atoms with Crippen molar-refractivity contribution >= 4 is 29.1 Å². The Balaban J connectivity index is 1.83. The summed E-state index contributed by atoms with van der Waals surface area (Å²) in [6, 6.07) is 12.6. The standard InChI is InChI=1S/C20H21ClN2O2/c1-13-6-4-5-7-17(13)20(25)22-10-11-23(19(24)15(22)3)16-9-8-14(2)18(21)12-16/h4-9,12,15H,10-11H2,1-3H3/t15-/m0/s1. The molecule has 2 amide bonds. The summed E-state index contributed by atoms with van der Waals surface area (Å²) < 4.78 is 0. The van der Waals surface area contributed by atoms with E-state index in [1.165, 1.54) is 0 Å². The number of amides is 2. The molecule has 1 saturated heterocycles. The first kappa shape index (κ1) is 17.5. The third-order valence-corrected chi connectivity index (χ3v) is 5.17. The van der Waals surface area contributed by atoms with Gasteiger partial charge in [-0.1, -0.05) is 35.9 Å². The molecule has 0 radical (unpaired) electrons. The van der Waals surface area contributed by atoms with Gasteiger partial charge in [0.25, 0.3) is 5.91 Å². The SMILES string of the molecule is Cc1ccc(N2CCN(C(=O)c3ccccc3C)[C@@H](C)C2=O)cc1Cl. The van der Waals surface area contributed by atoms with Gasteiger partial charge in [-0.15, -0.1) is 0 Å². The Morgan fingerprint density at radius 2 is 1.80 bits per heavy atom. The van der Waals surface area contributed by atoms with Gasteiger partial charge in [-0.05, 0) is 50.1 Å². The minimum absolute atomic E-state index is 0.0897. The number of carbonyl (C=O) groups excluding carboxylic acids is 2. The van der Waals surface area contributed by atoms with Crippen molar-refractivity contribution in [3.8, 4) is 0 Å². The number of carbonyl (C=O) groups is 2. The van der Waals surface area contributed by atoms with Crippen molar-refractivity contribution in [2.75, 3.05) is 18.0 Å². The topological polar surface area (TPSA) is 40.6 Å². The molecule has 1 fully saturated rings. The van der Waals surface area contributed by atoms with Crippen LogP contribution in [0.4, 0.5) is 5.69 Å². The van der Waals surface area contributed by atoms with Crippen LogP contribution in [0.15, 0.2) is 42.5 Å². The Hall–Kier alpha value is -2.33. The predicted molar refractivity (Wildman–Crippen MR) is 100 cm³/mol. The molecule has 0 saturated carbocycles. The molecule has 0 bridgehead atoms. The van der Waals surface area contributed by atoms with Gasteiger partial charge in [-0.25, -0.2) is 0 Å². The number of aryl methyl sites for hydroxylation is 2. The summed E-state index contributed by atoms with van der Waals surface area (Å²) in [7, 11) is 0. The highest BCUT2D eigenvalue weighted by molar-refractivity contribution is 6.31. The zero-order valence-electron chi connectivity index (χ0n) is 14.6. The average Bonchev–Trinajstić information content (AvgIpc) is 2.60. The lowest BCUT2D eigenvalue weighted by atomic mass is 10.0. The first-order valence-electron chi connectivity index (χ1n) is 8.34. The highest BCUT2D eigenvalue weighted by Crippen LogP contribution is 2.26. The molecule has 1 aliphatic heterocycles. The lowest BCUT2D eigenvalue weighted by molar-refractivity contribution is -0.124. The Morgan fingerprint density at radius 3 is 2.48 bits per heavy atom. The summed E-state index contributed by atoms with van der Waals surface area (Å²) in [4.78, 5) is 29.1. The molecule has 2 aromatic carbocycles. The summed E-state index contributed by atoms with van der Waals surface area (Å²) in [6.07, 6.45) is 0. The van der Waals surface area contributed by atoms with Crippen molar-refractivity contribution in [2.45, 2.75) is 26.8 Å². The normalized spacial score (nSPS) is 17.8. The van der Waals surface area contributed by atoms with Crippen molar-refractivity contribution in [1.29, 1.82) is 0 Å². The molecule has 0 unspecified atom stereocenters. The van der Waals surface area contributed by atoms with E-state index in [4.69, 9.17) is 11.6 Å². The van der Waals surface area contributed by atoms with Crippen LogP contribution in [-0.4, -0.2) is 35.8 Å². The van der Waals surface area contributed by atoms with Crippen LogP contribution in [0.2, 0.25) is 5.02 Å². The van der Waals surface area contributed by atoms with Crippen LogP contribution < -0.4 is 4.90 Å². The predicted octanol–water partition coefficient (Wildman–Crippen LogP) is 3.83. The number of rotatable bonds is 2. The Morgan fingerprint density at radius 1 is 1.08 bits per heavy atom. The molecule has 5 heteroatoms. The number of nitrogens with zero attached hydrogens (tertiary/aromatic N) is 2. The molecular formula is C20H21ClN2O2. The number of hydrogen-bond acceptors (Lipinski definition) is 2. The van der Waals surface area contributed by atoms with Crippen LogP contribution >= 0.6 is 11.6 Å². The van der Waals surface area contributed by atoms with Crippen LogP contribution in [0.25, 0.3) is 0 Å². The van der Waals surface area contributed by atoms with Gasteiger partial charge >= 0.3 is 0 Å². The van der Waals surface area contributed by atoms with E-state index < -0.39 is 6.04 Å². The van der Waals surface area contributed by atoms with Gasteiger partial charge in [0.2, 0.25) is 5.91 Å². The molecule has 2 aromatic rings. The molecule has 0 N–H and O–H groups in total. The van der Waals surface area contributed by atoms with Crippen molar-refractivity contribution in [3.63, 3.8) is 0 Å². The van der Waals surface area contributed by atoms with Gasteiger partial charge < -0.3 is 9.80 Å². The van der Waals surface area contributed by atoms with Gasteiger partial charge in [0, 0.05) is 29.4 Å². The largest absolute Gasteiger partial charge is 0.325 e. The fourth-order valence-electron chi connectivity index (χ4n) is 3.12. The molecule has 130 valence electrons. The summed E-state index contributed by atoms with van der Waals surface area (Å²) in [5, 5.41) is 0.636. The van der Waals surface area contributed by atoms with E-state index in [1.807, 2.05) is 44.2 Å². The lowest BCUT2D eigenvalue weighted by Crippen LogP contribution is -2.57. The van der Waals surface area contributed by atoms with Crippen LogP contribution in [0, 0.1) is 13.8 Å². The second-order valence-corrected chi connectivity index (χ2v) is 6.82. The third kappa shape index (κ3) is 3.27. The maximum Gasteiger partial charge on any atom is 0.254 e. The lowest BCUT2D eigenvalue weighted by Gasteiger charge is -2.39. The van der Waals surface area contributed by atoms with E-state index in [0.29, 0.717) is 23.7 Å². The van der Waals surface area contributed by atoms with Crippen LogP contribution in [0.1, 0.15) is 28.4 Å². The van der Waals surface area contributed by atoms with E-state index in [0.717, 1.165) is 16.8 Å². The fourth-order valence-corrected chi connectivity index (χ4v) is 3.30. The van der Waals surface area contributed by atoms with Crippen molar-refractivity contribution in [1.82, 2.24) is 4.90 Å². The summed E-state index contributed by atoms with van der Waals surface area (Å²) in [5.74, 6) is -0.186. The quantitative estimate of drug-likeness (QED) is 0.820. The van der Waals surface area contributed by atoms with E-state index in [1.54, 1.807) is 28.9 Å². The van der Waals surface area contributed by atoms with Crippen molar-refractivity contribution in [2.24, 2.45) is 0 Å². The van der Waals surface area contributed by atoms with Gasteiger partial charge in [0.05, 0.1) is 0 Å². The maximum atomic E-state index is 12.9. The zero-order chi connectivity index (χ0) is 18.1. The number of benzene rings is 2.